The summed E-state index contributed by atoms with van der Waals surface area (Å²) in [5.74, 6) is -0.166. The van der Waals surface area contributed by atoms with Crippen molar-refractivity contribution in [1.29, 1.82) is 0 Å². The summed E-state index contributed by atoms with van der Waals surface area (Å²) in [6.45, 7) is 7.18. The molecule has 184 valence electrons. The van der Waals surface area contributed by atoms with Crippen molar-refractivity contribution in [1.82, 2.24) is 14.5 Å². The predicted molar refractivity (Wildman–Crippen MR) is 132 cm³/mol. The normalized spacial score (nSPS) is 18.6. The fourth-order valence-corrected chi connectivity index (χ4v) is 5.73. The van der Waals surface area contributed by atoms with Gasteiger partial charge in [-0.2, -0.15) is 4.31 Å². The quantitative estimate of drug-likeness (QED) is 0.566. The van der Waals surface area contributed by atoms with Gasteiger partial charge in [-0.15, -0.1) is 0 Å². The molecular formula is C25H34N4O4S. The van der Waals surface area contributed by atoms with Gasteiger partial charge < -0.3 is 15.4 Å². The van der Waals surface area contributed by atoms with Crippen LogP contribution in [0.15, 0.2) is 53.4 Å². The van der Waals surface area contributed by atoms with E-state index in [1.807, 2.05) is 13.0 Å². The fourth-order valence-electron chi connectivity index (χ4n) is 4.32. The summed E-state index contributed by atoms with van der Waals surface area (Å²) in [7, 11) is -3.55. The van der Waals surface area contributed by atoms with Gasteiger partial charge in [0.1, 0.15) is 0 Å². The first-order chi connectivity index (χ1) is 16.4. The molecule has 1 atom stereocenters. The molecule has 2 heterocycles. The second-order valence-corrected chi connectivity index (χ2v) is 10.8. The number of amides is 1. The minimum Gasteiger partial charge on any atom is -0.379 e. The molecule has 0 radical (unpaired) electrons. The molecule has 2 saturated heterocycles. The van der Waals surface area contributed by atoms with E-state index in [0.717, 1.165) is 19.6 Å². The molecule has 0 spiro atoms. The standard InChI is InChI=1S/C25H34N4O4S/c1-20(26-18-21-6-2-3-7-22(21)19-28-12-4-5-13-28)25(30)27-23-8-10-24(11-9-23)34(31,32)29-14-16-33-17-15-29/h2-3,6-11,20,26H,4-5,12-19H2,1H3,(H,27,30)/t20-/m1/s1. The molecule has 2 aliphatic rings. The summed E-state index contributed by atoms with van der Waals surface area (Å²) in [6.07, 6.45) is 2.52. The molecule has 0 saturated carbocycles. The minimum atomic E-state index is -3.55. The van der Waals surface area contributed by atoms with Crippen molar-refractivity contribution < 1.29 is 17.9 Å². The summed E-state index contributed by atoms with van der Waals surface area (Å²) in [5, 5.41) is 6.19. The van der Waals surface area contributed by atoms with Crippen LogP contribution in [-0.2, 0) is 32.6 Å². The van der Waals surface area contributed by atoms with Gasteiger partial charge in [-0.1, -0.05) is 24.3 Å². The van der Waals surface area contributed by atoms with Gasteiger partial charge in [-0.05, 0) is 68.2 Å². The lowest BCUT2D eigenvalue weighted by Crippen LogP contribution is -2.40. The Kier molecular flexibility index (Phi) is 8.33. The van der Waals surface area contributed by atoms with Crippen molar-refractivity contribution >= 4 is 21.6 Å². The third-order valence-electron chi connectivity index (χ3n) is 6.43. The van der Waals surface area contributed by atoms with Gasteiger partial charge >= 0.3 is 0 Å². The van der Waals surface area contributed by atoms with Crippen LogP contribution >= 0.6 is 0 Å². The van der Waals surface area contributed by atoms with E-state index >= 15 is 0 Å². The summed E-state index contributed by atoms with van der Waals surface area (Å²) in [4.78, 5) is 15.4. The molecule has 2 aromatic rings. The zero-order chi connectivity index (χ0) is 24.0. The number of carbonyl (C=O) groups excluding carboxylic acids is 1. The summed E-state index contributed by atoms with van der Waals surface area (Å²) < 4.78 is 32.2. The van der Waals surface area contributed by atoms with Gasteiger partial charge in [0.15, 0.2) is 0 Å². The Morgan fingerprint density at radius 3 is 2.29 bits per heavy atom. The highest BCUT2D eigenvalue weighted by molar-refractivity contribution is 7.89. The number of ether oxygens (including phenoxy) is 1. The van der Waals surface area contributed by atoms with Gasteiger partial charge in [0, 0.05) is 31.9 Å². The predicted octanol–water partition coefficient (Wildman–Crippen LogP) is 2.42. The maximum Gasteiger partial charge on any atom is 0.243 e. The maximum absolute atomic E-state index is 12.8. The average Bonchev–Trinajstić information content (AvgIpc) is 3.37. The first-order valence-corrected chi connectivity index (χ1v) is 13.4. The molecular weight excluding hydrogens is 452 g/mol. The van der Waals surface area contributed by atoms with Crippen LogP contribution in [0.1, 0.15) is 30.9 Å². The number of nitrogens with zero attached hydrogens (tertiary/aromatic N) is 2. The van der Waals surface area contributed by atoms with Crippen molar-refractivity contribution in [2.45, 2.75) is 43.8 Å². The Morgan fingerprint density at radius 1 is 0.971 bits per heavy atom. The van der Waals surface area contributed by atoms with E-state index in [1.165, 1.54) is 40.4 Å². The zero-order valence-electron chi connectivity index (χ0n) is 19.7. The number of anilines is 1. The van der Waals surface area contributed by atoms with Crippen LogP contribution in [-0.4, -0.2) is 69.0 Å². The number of hydrogen-bond donors (Lipinski definition) is 2. The highest BCUT2D eigenvalue weighted by Gasteiger charge is 2.26. The number of rotatable bonds is 9. The first-order valence-electron chi connectivity index (χ1n) is 11.9. The smallest absolute Gasteiger partial charge is 0.243 e. The number of morpholine rings is 1. The molecule has 2 aromatic carbocycles. The third kappa shape index (κ3) is 6.22. The van der Waals surface area contributed by atoms with Crippen molar-refractivity contribution in [3.63, 3.8) is 0 Å². The molecule has 9 heteroatoms. The second-order valence-electron chi connectivity index (χ2n) is 8.88. The minimum absolute atomic E-state index is 0.166. The van der Waals surface area contributed by atoms with E-state index in [-0.39, 0.29) is 10.8 Å². The molecule has 2 fully saturated rings. The first kappa shape index (κ1) is 24.8. The Bertz CT molecular complexity index is 1060. The van der Waals surface area contributed by atoms with Gasteiger partial charge in [0.05, 0.1) is 24.2 Å². The van der Waals surface area contributed by atoms with E-state index in [0.29, 0.717) is 38.5 Å². The molecule has 0 aliphatic carbocycles. The number of benzene rings is 2. The van der Waals surface area contributed by atoms with Crippen LogP contribution in [0.2, 0.25) is 0 Å². The molecule has 34 heavy (non-hydrogen) atoms. The SMILES string of the molecule is C[C@@H](NCc1ccccc1CN1CCCC1)C(=O)Nc1ccc(S(=O)(=O)N2CCOCC2)cc1. The fraction of sp³-hybridized carbons (Fsp3) is 0.480. The number of hydrogen-bond acceptors (Lipinski definition) is 6. The molecule has 8 nitrogen and oxygen atoms in total. The zero-order valence-corrected chi connectivity index (χ0v) is 20.5. The van der Waals surface area contributed by atoms with E-state index in [9.17, 15) is 13.2 Å². The maximum atomic E-state index is 12.8. The number of likely N-dealkylation sites (tertiary alicyclic amines) is 1. The van der Waals surface area contributed by atoms with E-state index in [2.05, 4.69) is 33.7 Å². The Balaban J connectivity index is 1.31. The van der Waals surface area contributed by atoms with Gasteiger partial charge in [-0.25, -0.2) is 8.42 Å². The van der Waals surface area contributed by atoms with E-state index in [4.69, 9.17) is 4.74 Å². The monoisotopic (exact) mass is 486 g/mol. The van der Waals surface area contributed by atoms with Crippen molar-refractivity contribution in [2.75, 3.05) is 44.7 Å². The number of carbonyl (C=O) groups is 1. The molecule has 2 aliphatic heterocycles. The highest BCUT2D eigenvalue weighted by atomic mass is 32.2. The molecule has 1 amide bonds. The number of sulfonamides is 1. The van der Waals surface area contributed by atoms with Crippen LogP contribution in [0.4, 0.5) is 5.69 Å². The summed E-state index contributed by atoms with van der Waals surface area (Å²) in [5.41, 5.74) is 3.06. The Morgan fingerprint density at radius 2 is 1.62 bits per heavy atom. The lowest BCUT2D eigenvalue weighted by Gasteiger charge is -2.26. The van der Waals surface area contributed by atoms with Crippen molar-refractivity contribution in [3.05, 3.63) is 59.7 Å². The average molecular weight is 487 g/mol. The molecule has 0 unspecified atom stereocenters. The lowest BCUT2D eigenvalue weighted by atomic mass is 10.1. The Labute approximate surface area is 202 Å². The van der Waals surface area contributed by atoms with Crippen molar-refractivity contribution in [2.24, 2.45) is 0 Å². The molecule has 4 rings (SSSR count). The highest BCUT2D eigenvalue weighted by Crippen LogP contribution is 2.20. The van der Waals surface area contributed by atoms with Gasteiger partial charge in [0.25, 0.3) is 0 Å². The summed E-state index contributed by atoms with van der Waals surface area (Å²) in [6, 6.07) is 14.3. The number of nitrogens with one attached hydrogen (secondary N) is 2. The Hall–Kier alpha value is -2.30. The van der Waals surface area contributed by atoms with Crippen molar-refractivity contribution in [3.8, 4) is 0 Å². The van der Waals surface area contributed by atoms with Crippen LogP contribution in [0.3, 0.4) is 0 Å². The molecule has 2 N–H and O–H groups in total. The topological polar surface area (TPSA) is 91.0 Å². The third-order valence-corrected chi connectivity index (χ3v) is 8.35. The summed E-state index contributed by atoms with van der Waals surface area (Å²) >= 11 is 0. The van der Waals surface area contributed by atoms with Gasteiger partial charge in [0.2, 0.25) is 15.9 Å². The van der Waals surface area contributed by atoms with E-state index in [1.54, 1.807) is 12.1 Å². The van der Waals surface area contributed by atoms with Gasteiger partial charge in [-0.3, -0.25) is 9.69 Å². The molecule has 0 bridgehead atoms. The largest absolute Gasteiger partial charge is 0.379 e. The van der Waals surface area contributed by atoms with E-state index < -0.39 is 16.1 Å². The van der Waals surface area contributed by atoms with Crippen LogP contribution in [0.5, 0.6) is 0 Å². The van der Waals surface area contributed by atoms with Crippen LogP contribution in [0.25, 0.3) is 0 Å². The lowest BCUT2D eigenvalue weighted by molar-refractivity contribution is -0.117. The molecule has 0 aromatic heterocycles. The second kappa shape index (κ2) is 11.4. The van der Waals surface area contributed by atoms with Crippen LogP contribution in [0, 0.1) is 0 Å². The van der Waals surface area contributed by atoms with Crippen LogP contribution < -0.4 is 10.6 Å².